The molecule has 0 N–H and O–H groups in total. The molecule has 0 aromatic heterocycles. The van der Waals surface area contributed by atoms with Crippen LogP contribution in [0.2, 0.25) is 0 Å². The molecule has 2 aromatic carbocycles. The molecule has 1 heterocycles. The van der Waals surface area contributed by atoms with E-state index in [9.17, 15) is 13.2 Å². The zero-order chi connectivity index (χ0) is 23.0. The fourth-order valence-electron chi connectivity index (χ4n) is 3.36. The molecule has 0 saturated carbocycles. The molecular weight excluding hydrogens is 432 g/mol. The lowest BCUT2D eigenvalue weighted by molar-refractivity contribution is -0.130. The number of carbonyl (C=O) groups is 1. The van der Waals surface area contributed by atoms with E-state index in [1.54, 1.807) is 43.3 Å². The minimum absolute atomic E-state index is 0.00126. The molecule has 1 saturated heterocycles. The van der Waals surface area contributed by atoms with Gasteiger partial charge in [-0.1, -0.05) is 24.3 Å². The highest BCUT2D eigenvalue weighted by Crippen LogP contribution is 2.25. The second-order valence-corrected chi connectivity index (χ2v) is 9.41. The molecule has 0 unspecified atom stereocenters. The fraction of sp³-hybridized carbons (Fsp3) is 0.435. The van der Waals surface area contributed by atoms with E-state index in [4.69, 9.17) is 14.2 Å². The van der Waals surface area contributed by atoms with Crippen LogP contribution in [-0.2, 0) is 26.0 Å². The van der Waals surface area contributed by atoms with Gasteiger partial charge in [0.1, 0.15) is 6.61 Å². The van der Waals surface area contributed by atoms with E-state index in [0.29, 0.717) is 63.8 Å². The van der Waals surface area contributed by atoms with Crippen molar-refractivity contribution >= 4 is 15.9 Å². The van der Waals surface area contributed by atoms with E-state index in [-0.39, 0.29) is 10.8 Å². The lowest BCUT2D eigenvalue weighted by atomic mass is 10.1. The topological polar surface area (TPSA) is 85.4 Å². The predicted octanol–water partition coefficient (Wildman–Crippen LogP) is 2.19. The summed E-state index contributed by atoms with van der Waals surface area (Å²) >= 11 is 0. The Balaban J connectivity index is 1.45. The molecule has 1 amide bonds. The summed E-state index contributed by atoms with van der Waals surface area (Å²) in [5.41, 5.74) is 0.915. The molecule has 1 aliphatic rings. The monoisotopic (exact) mass is 462 g/mol. The van der Waals surface area contributed by atoms with Gasteiger partial charge in [-0.3, -0.25) is 4.79 Å². The Labute approximate surface area is 189 Å². The molecule has 2 aromatic rings. The van der Waals surface area contributed by atoms with Gasteiger partial charge in [0.2, 0.25) is 15.9 Å². The lowest BCUT2D eigenvalue weighted by Crippen LogP contribution is -2.40. The number of hydrogen-bond donors (Lipinski definition) is 0. The van der Waals surface area contributed by atoms with Crippen LogP contribution in [0.25, 0.3) is 0 Å². The molecule has 8 nitrogen and oxygen atoms in total. The summed E-state index contributed by atoms with van der Waals surface area (Å²) < 4.78 is 43.0. The minimum atomic E-state index is -3.51. The highest BCUT2D eigenvalue weighted by atomic mass is 32.2. The summed E-state index contributed by atoms with van der Waals surface area (Å²) in [4.78, 5) is 14.3. The smallest absolute Gasteiger partial charge is 0.243 e. The molecule has 9 heteroatoms. The van der Waals surface area contributed by atoms with Gasteiger partial charge in [0, 0.05) is 26.6 Å². The molecule has 3 rings (SSSR count). The maximum absolute atomic E-state index is 12.7. The highest BCUT2D eigenvalue weighted by Gasteiger charge is 2.26. The van der Waals surface area contributed by atoms with Crippen molar-refractivity contribution in [2.24, 2.45) is 0 Å². The lowest BCUT2D eigenvalue weighted by Gasteiger charge is -2.26. The van der Waals surface area contributed by atoms with Crippen LogP contribution in [0, 0.1) is 0 Å². The third-order valence-electron chi connectivity index (χ3n) is 5.34. The number of carbonyl (C=O) groups excluding carboxylic acids is 1. The highest BCUT2D eigenvalue weighted by molar-refractivity contribution is 7.89. The molecule has 0 spiro atoms. The van der Waals surface area contributed by atoms with Gasteiger partial charge in [0.05, 0.1) is 31.8 Å². The number of sulfonamides is 1. The molecule has 0 atom stereocenters. The first-order valence-electron chi connectivity index (χ1n) is 10.6. The van der Waals surface area contributed by atoms with Crippen molar-refractivity contribution in [1.29, 1.82) is 0 Å². The number of aryl methyl sites for hydroxylation is 1. The molecular formula is C23H30N2O6S. The number of morpholine rings is 1. The van der Waals surface area contributed by atoms with Crippen molar-refractivity contribution < 1.29 is 27.4 Å². The van der Waals surface area contributed by atoms with Crippen LogP contribution in [-0.4, -0.2) is 77.1 Å². The Morgan fingerprint density at radius 1 is 1.06 bits per heavy atom. The van der Waals surface area contributed by atoms with E-state index in [1.165, 1.54) is 4.31 Å². The Bertz CT molecular complexity index is 988. The summed E-state index contributed by atoms with van der Waals surface area (Å²) in [5, 5.41) is 0. The van der Waals surface area contributed by atoms with E-state index in [0.717, 1.165) is 5.56 Å². The van der Waals surface area contributed by atoms with Crippen molar-refractivity contribution in [2.45, 2.75) is 17.7 Å². The largest absolute Gasteiger partial charge is 0.493 e. The Morgan fingerprint density at radius 2 is 1.72 bits per heavy atom. The molecule has 1 fully saturated rings. The van der Waals surface area contributed by atoms with Gasteiger partial charge in [-0.2, -0.15) is 4.31 Å². The maximum atomic E-state index is 12.7. The third-order valence-corrected chi connectivity index (χ3v) is 7.25. The van der Waals surface area contributed by atoms with Gasteiger partial charge >= 0.3 is 0 Å². The average molecular weight is 463 g/mol. The quantitative estimate of drug-likeness (QED) is 0.538. The molecule has 174 valence electrons. The van der Waals surface area contributed by atoms with Gasteiger partial charge in [-0.05, 0) is 36.2 Å². The van der Waals surface area contributed by atoms with Crippen molar-refractivity contribution in [3.8, 4) is 11.5 Å². The predicted molar refractivity (Wildman–Crippen MR) is 120 cm³/mol. The number of benzene rings is 2. The van der Waals surface area contributed by atoms with Crippen LogP contribution >= 0.6 is 0 Å². The summed E-state index contributed by atoms with van der Waals surface area (Å²) in [6.45, 7) is 2.37. The van der Waals surface area contributed by atoms with Crippen LogP contribution in [0.4, 0.5) is 0 Å². The summed E-state index contributed by atoms with van der Waals surface area (Å²) in [5.74, 6) is 1.29. The van der Waals surface area contributed by atoms with E-state index in [1.807, 2.05) is 24.3 Å². The van der Waals surface area contributed by atoms with Crippen LogP contribution < -0.4 is 9.47 Å². The fourth-order valence-corrected chi connectivity index (χ4v) is 4.77. The molecule has 32 heavy (non-hydrogen) atoms. The number of hydrogen-bond acceptors (Lipinski definition) is 6. The second kappa shape index (κ2) is 11.3. The van der Waals surface area contributed by atoms with Gasteiger partial charge < -0.3 is 19.1 Å². The summed E-state index contributed by atoms with van der Waals surface area (Å²) in [6, 6.07) is 14.1. The van der Waals surface area contributed by atoms with E-state index in [2.05, 4.69) is 0 Å². The maximum Gasteiger partial charge on any atom is 0.243 e. The van der Waals surface area contributed by atoms with Crippen LogP contribution in [0.15, 0.2) is 53.4 Å². The van der Waals surface area contributed by atoms with Gasteiger partial charge in [-0.25, -0.2) is 8.42 Å². The third kappa shape index (κ3) is 6.21. The Kier molecular flexibility index (Phi) is 8.49. The molecule has 0 aliphatic carbocycles. The number of rotatable bonds is 10. The molecule has 1 aliphatic heterocycles. The number of para-hydroxylation sites is 2. The minimum Gasteiger partial charge on any atom is -0.493 e. The van der Waals surface area contributed by atoms with Crippen LogP contribution in [0.5, 0.6) is 11.5 Å². The van der Waals surface area contributed by atoms with Crippen molar-refractivity contribution in [1.82, 2.24) is 9.21 Å². The average Bonchev–Trinajstić information content (AvgIpc) is 2.83. The van der Waals surface area contributed by atoms with E-state index >= 15 is 0 Å². The number of likely N-dealkylation sites (N-methyl/N-ethyl adjacent to an activating group) is 1. The molecule has 0 radical (unpaired) electrons. The first kappa shape index (κ1) is 24.0. The van der Waals surface area contributed by atoms with Gasteiger partial charge in [0.15, 0.2) is 11.5 Å². The number of amides is 1. The standard InChI is InChI=1S/C23H30N2O6S/c1-24(13-18-31-22-6-4-3-5-21(22)29-2)23(26)12-9-19-7-10-20(11-8-19)32(27,28)25-14-16-30-17-15-25/h3-8,10-11H,9,12-18H2,1-2H3. The Hall–Kier alpha value is -2.62. The first-order valence-corrected chi connectivity index (χ1v) is 12.0. The first-order chi connectivity index (χ1) is 15.4. The van der Waals surface area contributed by atoms with Crippen LogP contribution in [0.3, 0.4) is 0 Å². The number of ether oxygens (including phenoxy) is 3. The van der Waals surface area contributed by atoms with Crippen molar-refractivity contribution in [2.75, 3.05) is 53.6 Å². The normalized spacial score (nSPS) is 14.7. The summed E-state index contributed by atoms with van der Waals surface area (Å²) in [6.07, 6.45) is 0.870. The zero-order valence-electron chi connectivity index (χ0n) is 18.5. The van der Waals surface area contributed by atoms with Gasteiger partial charge in [-0.15, -0.1) is 0 Å². The second-order valence-electron chi connectivity index (χ2n) is 7.48. The Morgan fingerprint density at radius 3 is 2.38 bits per heavy atom. The summed E-state index contributed by atoms with van der Waals surface area (Å²) in [7, 11) is -0.179. The SMILES string of the molecule is COc1ccccc1OCCN(C)C(=O)CCc1ccc(S(=O)(=O)N2CCOCC2)cc1. The number of methoxy groups -OCH3 is 1. The molecule has 0 bridgehead atoms. The van der Waals surface area contributed by atoms with E-state index < -0.39 is 10.0 Å². The van der Waals surface area contributed by atoms with Crippen LogP contribution in [0.1, 0.15) is 12.0 Å². The zero-order valence-corrected chi connectivity index (χ0v) is 19.3. The number of nitrogens with zero attached hydrogens (tertiary/aromatic N) is 2. The van der Waals surface area contributed by atoms with Crippen molar-refractivity contribution in [3.63, 3.8) is 0 Å². The van der Waals surface area contributed by atoms with Crippen molar-refractivity contribution in [3.05, 3.63) is 54.1 Å². The van der Waals surface area contributed by atoms with Gasteiger partial charge in [0.25, 0.3) is 0 Å².